The van der Waals surface area contributed by atoms with Crippen LogP contribution in [0, 0.1) is 5.82 Å². The predicted octanol–water partition coefficient (Wildman–Crippen LogP) is 1.53. The van der Waals surface area contributed by atoms with Crippen LogP contribution in [0.15, 0.2) is 22.9 Å². The van der Waals surface area contributed by atoms with Crippen LogP contribution in [0.1, 0.15) is 16.5 Å². The van der Waals surface area contributed by atoms with Crippen molar-refractivity contribution in [3.63, 3.8) is 0 Å². The van der Waals surface area contributed by atoms with Crippen molar-refractivity contribution in [1.29, 1.82) is 0 Å². The summed E-state index contributed by atoms with van der Waals surface area (Å²) in [6.45, 7) is 0.941. The van der Waals surface area contributed by atoms with Crippen LogP contribution in [-0.2, 0) is 4.74 Å². The molecule has 2 atom stereocenters. The number of nitrogens with zero attached hydrogens (tertiary/aromatic N) is 3. The minimum Gasteiger partial charge on any atom is -0.377 e. The average Bonchev–Trinajstić information content (AvgIpc) is 3.04. The van der Waals surface area contributed by atoms with Gasteiger partial charge in [-0.1, -0.05) is 0 Å². The van der Waals surface area contributed by atoms with E-state index < -0.39 is 5.82 Å². The Hall–Kier alpha value is -1.80. The molecule has 2 aliphatic rings. The lowest BCUT2D eigenvalue weighted by Crippen LogP contribution is -2.47. The summed E-state index contributed by atoms with van der Waals surface area (Å²) in [5, 5.41) is 7.33. The molecule has 21 heavy (non-hydrogen) atoms. The van der Waals surface area contributed by atoms with Crippen LogP contribution in [0.3, 0.4) is 0 Å². The monoisotopic (exact) mass is 352 g/mol. The van der Waals surface area contributed by atoms with Crippen LogP contribution in [0.25, 0.3) is 11.3 Å². The van der Waals surface area contributed by atoms with Gasteiger partial charge in [0.1, 0.15) is 11.4 Å². The Labute approximate surface area is 127 Å². The molecule has 2 aliphatic heterocycles. The molecule has 6 nitrogen and oxygen atoms in total. The number of amides is 1. The van der Waals surface area contributed by atoms with E-state index >= 15 is 0 Å². The molecule has 1 amide bonds. The molecule has 4 heterocycles. The summed E-state index contributed by atoms with van der Waals surface area (Å²) in [5.74, 6) is -0.713. The van der Waals surface area contributed by atoms with Crippen molar-refractivity contribution in [2.45, 2.75) is 12.1 Å². The fraction of sp³-hybridized carbons (Fsp3) is 0.308. The summed E-state index contributed by atoms with van der Waals surface area (Å²) in [5.41, 5.74) is 1.10. The van der Waals surface area contributed by atoms with Gasteiger partial charge in [-0.3, -0.25) is 14.5 Å². The second-order valence-electron chi connectivity index (χ2n) is 5.00. The van der Waals surface area contributed by atoms with Gasteiger partial charge in [0.25, 0.3) is 5.91 Å². The van der Waals surface area contributed by atoms with E-state index in [-0.39, 0.29) is 18.0 Å². The van der Waals surface area contributed by atoms with Crippen molar-refractivity contribution in [3.05, 3.63) is 34.4 Å². The van der Waals surface area contributed by atoms with Crippen molar-refractivity contribution < 1.29 is 13.9 Å². The van der Waals surface area contributed by atoms with Crippen LogP contribution in [-0.4, -0.2) is 39.9 Å². The fourth-order valence-electron chi connectivity index (χ4n) is 2.76. The highest BCUT2D eigenvalue weighted by Gasteiger charge is 2.41. The Balaban J connectivity index is 1.91. The van der Waals surface area contributed by atoms with Crippen LogP contribution < -0.4 is 5.32 Å². The number of aromatic nitrogens is 3. The number of halogens is 2. The van der Waals surface area contributed by atoms with E-state index in [1.807, 2.05) is 0 Å². The van der Waals surface area contributed by atoms with E-state index in [0.29, 0.717) is 34.6 Å². The molecule has 0 aromatic carbocycles. The molecule has 1 saturated heterocycles. The summed E-state index contributed by atoms with van der Waals surface area (Å²) in [6, 6.07) is 1.38. The van der Waals surface area contributed by atoms with Gasteiger partial charge in [0.2, 0.25) is 0 Å². The summed E-state index contributed by atoms with van der Waals surface area (Å²) in [7, 11) is 0. The lowest BCUT2D eigenvalue weighted by Gasteiger charge is -2.26. The van der Waals surface area contributed by atoms with Crippen molar-refractivity contribution in [2.24, 2.45) is 0 Å². The number of rotatable bonds is 1. The fourth-order valence-corrected chi connectivity index (χ4v) is 3.41. The molecular formula is C13H10BrFN4O2. The quantitative estimate of drug-likeness (QED) is 0.844. The number of carbonyl (C=O) groups is 1. The minimum atomic E-state index is -0.478. The van der Waals surface area contributed by atoms with Gasteiger partial charge >= 0.3 is 0 Å². The lowest BCUT2D eigenvalue weighted by atomic mass is 10.1. The Morgan fingerprint density at radius 1 is 1.48 bits per heavy atom. The molecule has 1 N–H and O–H groups in total. The van der Waals surface area contributed by atoms with Crippen molar-refractivity contribution in [3.8, 4) is 11.3 Å². The second kappa shape index (κ2) is 4.60. The number of fused-ring (bicyclic) bond motifs is 3. The van der Waals surface area contributed by atoms with E-state index in [1.54, 1.807) is 4.68 Å². The third-order valence-corrected chi connectivity index (χ3v) is 4.53. The molecule has 2 aromatic rings. The van der Waals surface area contributed by atoms with Gasteiger partial charge in [0, 0.05) is 11.8 Å². The minimum absolute atomic E-state index is 0.0624. The first-order chi connectivity index (χ1) is 10.2. The van der Waals surface area contributed by atoms with Gasteiger partial charge in [-0.05, 0) is 22.0 Å². The first-order valence-corrected chi connectivity index (χ1v) is 7.22. The largest absolute Gasteiger partial charge is 0.377 e. The van der Waals surface area contributed by atoms with E-state index in [9.17, 15) is 9.18 Å². The number of carbonyl (C=O) groups excluding carboxylic acids is 1. The normalized spacial score (nSPS) is 23.6. The van der Waals surface area contributed by atoms with Crippen LogP contribution in [0.5, 0.6) is 0 Å². The highest BCUT2D eigenvalue weighted by molar-refractivity contribution is 9.10. The van der Waals surface area contributed by atoms with Crippen molar-refractivity contribution in [2.75, 3.05) is 13.2 Å². The molecule has 108 valence electrons. The van der Waals surface area contributed by atoms with E-state index in [4.69, 9.17) is 4.74 Å². The molecule has 0 aliphatic carbocycles. The third kappa shape index (κ3) is 1.82. The van der Waals surface area contributed by atoms with Crippen LogP contribution in [0.2, 0.25) is 0 Å². The number of nitrogens with one attached hydrogen (secondary N) is 1. The first-order valence-electron chi connectivity index (χ1n) is 6.43. The molecule has 0 bridgehead atoms. The Morgan fingerprint density at radius 3 is 3.14 bits per heavy atom. The van der Waals surface area contributed by atoms with Crippen LogP contribution >= 0.6 is 15.9 Å². The Kier molecular flexibility index (Phi) is 2.83. The average molecular weight is 353 g/mol. The summed E-state index contributed by atoms with van der Waals surface area (Å²) in [4.78, 5) is 15.9. The zero-order valence-electron chi connectivity index (χ0n) is 10.7. The second-order valence-corrected chi connectivity index (χ2v) is 5.79. The number of hydrogen-bond donors (Lipinski definition) is 1. The molecule has 0 spiro atoms. The topological polar surface area (TPSA) is 69.0 Å². The van der Waals surface area contributed by atoms with Gasteiger partial charge in [-0.2, -0.15) is 5.10 Å². The molecular weight excluding hydrogens is 343 g/mol. The lowest BCUT2D eigenvalue weighted by molar-refractivity contribution is 0.0886. The maximum Gasteiger partial charge on any atom is 0.271 e. The Bertz CT molecular complexity index is 748. The number of ether oxygens (including phenoxy) is 1. The zero-order valence-corrected chi connectivity index (χ0v) is 12.3. The molecule has 0 saturated carbocycles. The predicted molar refractivity (Wildman–Crippen MR) is 74.2 cm³/mol. The Morgan fingerprint density at radius 2 is 2.33 bits per heavy atom. The smallest absolute Gasteiger partial charge is 0.271 e. The standard InChI is InChI=1S/C13H10BrFN4O2/c14-10-11(6-1-2-16-3-7(6)15)18-19-9-5-21-4-8(9)17-13(20)12(10)19/h1-3,8-9H,4-5H2,(H,17,20). The van der Waals surface area contributed by atoms with Crippen LogP contribution in [0.4, 0.5) is 4.39 Å². The van der Waals surface area contributed by atoms with E-state index in [1.165, 1.54) is 12.3 Å². The molecule has 8 heteroatoms. The first kappa shape index (κ1) is 12.9. The van der Waals surface area contributed by atoms with Crippen molar-refractivity contribution >= 4 is 21.8 Å². The highest BCUT2D eigenvalue weighted by atomic mass is 79.9. The number of hydrogen-bond acceptors (Lipinski definition) is 4. The molecule has 1 fully saturated rings. The molecule has 2 unspecified atom stereocenters. The maximum absolute atomic E-state index is 13.9. The van der Waals surface area contributed by atoms with Gasteiger partial charge in [0.05, 0.1) is 36.0 Å². The van der Waals surface area contributed by atoms with Gasteiger partial charge in [-0.15, -0.1) is 0 Å². The van der Waals surface area contributed by atoms with Crippen molar-refractivity contribution in [1.82, 2.24) is 20.1 Å². The highest BCUT2D eigenvalue weighted by Crippen LogP contribution is 2.36. The van der Waals surface area contributed by atoms with Gasteiger partial charge in [-0.25, -0.2) is 4.39 Å². The van der Waals surface area contributed by atoms with E-state index in [2.05, 4.69) is 31.3 Å². The summed E-state index contributed by atoms with van der Waals surface area (Å²) >= 11 is 3.37. The molecule has 4 rings (SSSR count). The third-order valence-electron chi connectivity index (χ3n) is 3.78. The number of pyridine rings is 1. The zero-order chi connectivity index (χ0) is 14.6. The SMILES string of the molecule is O=C1NC2COCC2n2nc(-c3ccncc3F)c(Br)c21. The molecule has 0 radical (unpaired) electrons. The van der Waals surface area contributed by atoms with Gasteiger partial charge < -0.3 is 10.1 Å². The summed E-state index contributed by atoms with van der Waals surface area (Å²) < 4.78 is 21.4. The molecule has 2 aromatic heterocycles. The maximum atomic E-state index is 13.9. The summed E-state index contributed by atoms with van der Waals surface area (Å²) in [6.07, 6.45) is 2.62. The van der Waals surface area contributed by atoms with Gasteiger partial charge in [0.15, 0.2) is 5.82 Å². The van der Waals surface area contributed by atoms with E-state index in [0.717, 1.165) is 6.20 Å².